The van der Waals surface area contributed by atoms with E-state index in [1.807, 2.05) is 31.2 Å². The van der Waals surface area contributed by atoms with Gasteiger partial charge in [-0.05, 0) is 49.4 Å². The van der Waals surface area contributed by atoms with Gasteiger partial charge in [-0.1, -0.05) is 15.9 Å². The van der Waals surface area contributed by atoms with Gasteiger partial charge in [0.25, 0.3) is 0 Å². The van der Waals surface area contributed by atoms with E-state index in [-0.39, 0.29) is 24.9 Å². The van der Waals surface area contributed by atoms with Gasteiger partial charge >= 0.3 is 0 Å². The van der Waals surface area contributed by atoms with Gasteiger partial charge in [-0.15, -0.1) is 0 Å². The molecule has 2 aliphatic rings. The lowest BCUT2D eigenvalue weighted by atomic mass is 9.85. The first-order chi connectivity index (χ1) is 14.0. The second-order valence-corrected chi connectivity index (χ2v) is 7.89. The van der Waals surface area contributed by atoms with Crippen LogP contribution in [0.25, 0.3) is 5.69 Å². The summed E-state index contributed by atoms with van der Waals surface area (Å²) in [6.45, 7) is 1.99. The number of benzene rings is 2. The fraction of sp³-hybridized carbons (Fsp3) is 0.190. The summed E-state index contributed by atoms with van der Waals surface area (Å²) in [6.07, 6.45) is 0.0765. The van der Waals surface area contributed by atoms with Gasteiger partial charge in [-0.25, -0.2) is 4.68 Å². The maximum atomic E-state index is 13.3. The third-order valence-corrected chi connectivity index (χ3v) is 5.68. The number of aromatic nitrogens is 2. The Labute approximate surface area is 174 Å². The number of halogens is 1. The fourth-order valence-electron chi connectivity index (χ4n) is 3.79. The van der Waals surface area contributed by atoms with Crippen molar-refractivity contribution >= 4 is 33.4 Å². The van der Waals surface area contributed by atoms with Crippen molar-refractivity contribution in [3.05, 3.63) is 63.8 Å². The van der Waals surface area contributed by atoms with E-state index >= 15 is 0 Å². The highest BCUT2D eigenvalue weighted by Gasteiger charge is 2.36. The highest BCUT2D eigenvalue weighted by Crippen LogP contribution is 2.40. The number of ether oxygens (including phenoxy) is 2. The molecule has 1 N–H and O–H groups in total. The molecule has 146 valence electrons. The Morgan fingerprint density at radius 2 is 1.93 bits per heavy atom. The van der Waals surface area contributed by atoms with Crippen LogP contribution in [0.15, 0.2) is 46.9 Å². The Hall–Kier alpha value is -3.13. The normalized spacial score (nSPS) is 17.0. The molecule has 0 unspecified atom stereocenters. The van der Waals surface area contributed by atoms with E-state index in [0.29, 0.717) is 28.6 Å². The Morgan fingerprint density at radius 3 is 2.72 bits per heavy atom. The Morgan fingerprint density at radius 1 is 1.17 bits per heavy atom. The molecule has 3 aromatic rings. The Balaban J connectivity index is 1.58. The molecular weight excluding hydrogens is 438 g/mol. The van der Waals surface area contributed by atoms with Gasteiger partial charge in [0.1, 0.15) is 5.82 Å². The van der Waals surface area contributed by atoms with Crippen LogP contribution < -0.4 is 14.8 Å². The third-order valence-electron chi connectivity index (χ3n) is 5.15. The fourth-order valence-corrected chi connectivity index (χ4v) is 4.06. The molecule has 0 aliphatic carbocycles. The molecule has 7 nitrogen and oxygen atoms in total. The zero-order valence-corrected chi connectivity index (χ0v) is 17.0. The minimum atomic E-state index is -0.608. The topological polar surface area (TPSA) is 82.5 Å². The number of Topliss-reactive ketones (excluding diaryl/α,β-unsaturated/α-hetero) is 1. The average Bonchev–Trinajstić information content (AvgIpc) is 3.31. The number of carbonyl (C=O) groups excluding carboxylic acids is 2. The van der Waals surface area contributed by atoms with Gasteiger partial charge in [-0.2, -0.15) is 5.10 Å². The molecule has 1 atom stereocenters. The van der Waals surface area contributed by atoms with Crippen LogP contribution in [0.5, 0.6) is 11.5 Å². The summed E-state index contributed by atoms with van der Waals surface area (Å²) in [5, 5.41) is 7.49. The van der Waals surface area contributed by atoms with Crippen molar-refractivity contribution < 1.29 is 19.1 Å². The van der Waals surface area contributed by atoms with E-state index in [1.165, 1.54) is 0 Å². The van der Waals surface area contributed by atoms with Crippen molar-refractivity contribution in [1.82, 2.24) is 9.78 Å². The summed E-state index contributed by atoms with van der Waals surface area (Å²) >= 11 is 3.42. The Bertz CT molecular complexity index is 1150. The summed E-state index contributed by atoms with van der Waals surface area (Å²) in [7, 11) is 0. The molecular formula is C21H16BrN3O4. The molecule has 1 amide bonds. The highest BCUT2D eigenvalue weighted by atomic mass is 79.9. The molecule has 3 heterocycles. The van der Waals surface area contributed by atoms with E-state index in [2.05, 4.69) is 26.3 Å². The lowest BCUT2D eigenvalue weighted by Gasteiger charge is -2.23. The molecule has 0 fully saturated rings. The van der Waals surface area contributed by atoms with Crippen molar-refractivity contribution in [2.75, 3.05) is 12.1 Å². The molecule has 5 rings (SSSR count). The zero-order valence-electron chi connectivity index (χ0n) is 15.4. The Kier molecular flexibility index (Phi) is 4.16. The van der Waals surface area contributed by atoms with Crippen molar-refractivity contribution in [2.45, 2.75) is 19.3 Å². The first-order valence-corrected chi connectivity index (χ1v) is 9.90. The van der Waals surface area contributed by atoms with Crippen LogP contribution in [0.1, 0.15) is 34.0 Å². The number of hydrogen-bond donors (Lipinski definition) is 1. The van der Waals surface area contributed by atoms with E-state index in [0.717, 1.165) is 15.7 Å². The van der Waals surface area contributed by atoms with Crippen LogP contribution in [-0.4, -0.2) is 28.3 Å². The van der Waals surface area contributed by atoms with Crippen LogP contribution in [0, 0.1) is 6.92 Å². The molecule has 0 saturated heterocycles. The molecule has 0 spiro atoms. The molecule has 1 aromatic heterocycles. The van der Waals surface area contributed by atoms with Gasteiger partial charge in [0, 0.05) is 22.0 Å². The first kappa shape index (κ1) is 17.9. The maximum absolute atomic E-state index is 13.3. The van der Waals surface area contributed by atoms with Crippen LogP contribution in [0.3, 0.4) is 0 Å². The minimum Gasteiger partial charge on any atom is -0.454 e. The summed E-state index contributed by atoms with van der Waals surface area (Å²) in [5.74, 6) is 0.734. The number of rotatable bonds is 3. The molecule has 8 heteroatoms. The summed E-state index contributed by atoms with van der Waals surface area (Å²) in [6, 6.07) is 12.7. The number of amides is 1. The third kappa shape index (κ3) is 3.00. The summed E-state index contributed by atoms with van der Waals surface area (Å²) in [4.78, 5) is 25.8. The lowest BCUT2D eigenvalue weighted by Crippen LogP contribution is -2.28. The average molecular weight is 454 g/mol. The van der Waals surface area contributed by atoms with Crippen molar-refractivity contribution in [1.29, 1.82) is 0 Å². The number of hydrogen-bond acceptors (Lipinski definition) is 5. The number of carbonyl (C=O) groups is 2. The smallest absolute Gasteiger partial charge is 0.231 e. The van der Waals surface area contributed by atoms with E-state index in [1.54, 1.807) is 22.9 Å². The van der Waals surface area contributed by atoms with Crippen molar-refractivity contribution in [2.24, 2.45) is 0 Å². The zero-order chi connectivity index (χ0) is 20.1. The number of fused-ring (bicyclic) bond motifs is 2. The molecule has 29 heavy (non-hydrogen) atoms. The van der Waals surface area contributed by atoms with Crippen LogP contribution >= 0.6 is 15.9 Å². The van der Waals surface area contributed by atoms with Gasteiger partial charge in [0.15, 0.2) is 17.3 Å². The lowest BCUT2D eigenvalue weighted by molar-refractivity contribution is -0.116. The van der Waals surface area contributed by atoms with Crippen LogP contribution in [-0.2, 0) is 4.79 Å². The van der Waals surface area contributed by atoms with Crippen LogP contribution in [0.2, 0.25) is 0 Å². The molecule has 2 aromatic carbocycles. The van der Waals surface area contributed by atoms with Gasteiger partial charge in [0.05, 0.1) is 17.3 Å². The standard InChI is InChI=1S/C21H16BrN3O4/c1-11-19-15(20(27)12-2-7-16-17(8-12)29-10-28-16)9-18(26)23-21(19)25(24-11)14-5-3-13(22)4-6-14/h2-8,15H,9-10H2,1H3,(H,23,26)/t15-/m0/s1. The first-order valence-electron chi connectivity index (χ1n) is 9.10. The second kappa shape index (κ2) is 6.73. The van der Waals surface area contributed by atoms with Crippen molar-refractivity contribution in [3.63, 3.8) is 0 Å². The predicted molar refractivity (Wildman–Crippen MR) is 109 cm³/mol. The van der Waals surface area contributed by atoms with Crippen LogP contribution in [0.4, 0.5) is 5.82 Å². The highest BCUT2D eigenvalue weighted by molar-refractivity contribution is 9.10. The van der Waals surface area contributed by atoms with Gasteiger partial charge in [0.2, 0.25) is 12.7 Å². The number of nitrogens with zero attached hydrogens (tertiary/aromatic N) is 2. The molecule has 0 radical (unpaired) electrons. The number of aryl methyl sites for hydroxylation is 1. The predicted octanol–water partition coefficient (Wildman–Crippen LogP) is 3.98. The van der Waals surface area contributed by atoms with E-state index < -0.39 is 5.92 Å². The van der Waals surface area contributed by atoms with Gasteiger partial charge < -0.3 is 14.8 Å². The largest absolute Gasteiger partial charge is 0.454 e. The monoisotopic (exact) mass is 453 g/mol. The molecule has 0 bridgehead atoms. The second-order valence-electron chi connectivity index (χ2n) is 6.97. The SMILES string of the molecule is Cc1nn(-c2ccc(Br)cc2)c2c1[C@@H](C(=O)c1ccc3c(c1)OCO3)CC(=O)N2. The minimum absolute atomic E-state index is 0.0765. The van der Waals surface area contributed by atoms with E-state index in [9.17, 15) is 9.59 Å². The van der Waals surface area contributed by atoms with Crippen molar-refractivity contribution in [3.8, 4) is 17.2 Å². The van der Waals surface area contributed by atoms with Gasteiger partial charge in [-0.3, -0.25) is 9.59 Å². The summed E-state index contributed by atoms with van der Waals surface area (Å²) < 4.78 is 13.3. The number of anilines is 1. The molecule has 2 aliphatic heterocycles. The van der Waals surface area contributed by atoms with E-state index in [4.69, 9.17) is 9.47 Å². The maximum Gasteiger partial charge on any atom is 0.231 e. The number of nitrogens with one attached hydrogen (secondary N) is 1. The summed E-state index contributed by atoms with van der Waals surface area (Å²) in [5.41, 5.74) is 2.74. The quantitative estimate of drug-likeness (QED) is 0.606. The number of ketones is 1. The molecule has 0 saturated carbocycles.